The molecule has 1 fully saturated rings. The SMILES string of the molecule is CCc1cc(-c2cccc(CCc3c(O)c(OC)c(O)c4c3OC(c3ccc(O)cc3)CC4=O)c2)c(N2CCNCC2)[nH]1. The van der Waals surface area contributed by atoms with Crippen LogP contribution in [0.3, 0.4) is 0 Å². The summed E-state index contributed by atoms with van der Waals surface area (Å²) in [6.45, 7) is 5.91. The highest BCUT2D eigenvalue weighted by Crippen LogP contribution is 2.52. The minimum Gasteiger partial charge on any atom is -0.508 e. The van der Waals surface area contributed by atoms with E-state index in [0.717, 1.165) is 55.1 Å². The second-order valence-corrected chi connectivity index (χ2v) is 11.1. The summed E-state index contributed by atoms with van der Waals surface area (Å²) in [7, 11) is 1.35. The number of aromatic amines is 1. The lowest BCUT2D eigenvalue weighted by Crippen LogP contribution is -2.43. The van der Waals surface area contributed by atoms with Crippen LogP contribution >= 0.6 is 0 Å². The summed E-state index contributed by atoms with van der Waals surface area (Å²) >= 11 is 0. The maximum Gasteiger partial charge on any atom is 0.204 e. The van der Waals surface area contributed by atoms with Gasteiger partial charge in [0.25, 0.3) is 0 Å². The molecule has 2 aliphatic heterocycles. The Balaban J connectivity index is 1.32. The molecule has 0 radical (unpaired) electrons. The maximum atomic E-state index is 13.3. The Morgan fingerprint density at radius 1 is 1.00 bits per heavy atom. The zero-order valence-electron chi connectivity index (χ0n) is 24.4. The number of hydrogen-bond acceptors (Lipinski definition) is 8. The first-order chi connectivity index (χ1) is 20.9. The zero-order valence-corrected chi connectivity index (χ0v) is 24.4. The molecular formula is C34H37N3O6. The lowest BCUT2D eigenvalue weighted by molar-refractivity contribution is 0.0840. The van der Waals surface area contributed by atoms with Gasteiger partial charge in [-0.1, -0.05) is 43.3 Å². The molecule has 3 heterocycles. The number of piperazine rings is 1. The van der Waals surface area contributed by atoms with Gasteiger partial charge < -0.3 is 40.0 Å². The Kier molecular flexibility index (Phi) is 7.90. The van der Waals surface area contributed by atoms with E-state index >= 15 is 0 Å². The van der Waals surface area contributed by atoms with E-state index < -0.39 is 11.9 Å². The van der Waals surface area contributed by atoms with Crippen LogP contribution in [0.2, 0.25) is 0 Å². The number of hydrogen-bond donors (Lipinski definition) is 5. The highest BCUT2D eigenvalue weighted by molar-refractivity contribution is 6.04. The fraction of sp³-hybridized carbons (Fsp3) is 0.324. The van der Waals surface area contributed by atoms with E-state index in [1.54, 1.807) is 12.1 Å². The summed E-state index contributed by atoms with van der Waals surface area (Å²) in [5, 5.41) is 35.2. The molecule has 0 aliphatic carbocycles. The van der Waals surface area contributed by atoms with Crippen molar-refractivity contribution in [3.05, 3.63) is 82.5 Å². The van der Waals surface area contributed by atoms with Crippen LogP contribution < -0.4 is 19.7 Å². The number of aromatic hydroxyl groups is 3. The van der Waals surface area contributed by atoms with Crippen LogP contribution in [-0.2, 0) is 19.3 Å². The van der Waals surface area contributed by atoms with E-state index in [4.69, 9.17) is 9.47 Å². The Labute approximate surface area is 250 Å². The zero-order chi connectivity index (χ0) is 30.1. The summed E-state index contributed by atoms with van der Waals surface area (Å²) in [6, 6.07) is 17.1. The molecular weight excluding hydrogens is 546 g/mol. The molecule has 0 bridgehead atoms. The lowest BCUT2D eigenvalue weighted by Gasteiger charge is -2.29. The molecule has 3 aromatic carbocycles. The quantitative estimate of drug-likeness (QED) is 0.190. The van der Waals surface area contributed by atoms with Crippen LogP contribution in [0.4, 0.5) is 5.82 Å². The fourth-order valence-corrected chi connectivity index (χ4v) is 6.08. The van der Waals surface area contributed by atoms with Gasteiger partial charge in [-0.3, -0.25) is 4.79 Å². The number of carbonyl (C=O) groups excluding carboxylic acids is 1. The molecule has 1 atom stereocenters. The summed E-state index contributed by atoms with van der Waals surface area (Å²) < 4.78 is 11.6. The third-order valence-electron chi connectivity index (χ3n) is 8.40. The van der Waals surface area contributed by atoms with Crippen LogP contribution in [0.1, 0.15) is 52.2 Å². The summed E-state index contributed by atoms with van der Waals surface area (Å²) in [5.74, 6) is 0.307. The Morgan fingerprint density at radius 3 is 2.49 bits per heavy atom. The van der Waals surface area contributed by atoms with E-state index in [0.29, 0.717) is 24.0 Å². The largest absolute Gasteiger partial charge is 0.508 e. The van der Waals surface area contributed by atoms with Gasteiger partial charge in [-0.25, -0.2) is 0 Å². The number of nitrogens with zero attached hydrogens (tertiary/aromatic N) is 1. The normalized spacial score (nSPS) is 16.6. The van der Waals surface area contributed by atoms with Crippen molar-refractivity contribution >= 4 is 11.6 Å². The molecule has 1 saturated heterocycles. The van der Waals surface area contributed by atoms with Crippen molar-refractivity contribution in [1.82, 2.24) is 10.3 Å². The second kappa shape index (κ2) is 11.9. The molecule has 0 spiro atoms. The molecule has 1 aromatic heterocycles. The Bertz CT molecular complexity index is 1640. The number of phenols is 3. The standard InChI is InChI=1S/C34H37N3O6/c1-3-23-18-26(34(36-23)37-15-13-35-14-16-37)22-6-4-5-20(17-22)7-12-25-30(40)33(42-2)31(41)29-27(39)19-28(43-32(25)29)21-8-10-24(38)11-9-21/h4-6,8-11,17-18,28,35-36,38,40-41H,3,7,12-16,19H2,1-2H3. The van der Waals surface area contributed by atoms with Crippen molar-refractivity contribution in [3.63, 3.8) is 0 Å². The summed E-state index contributed by atoms with van der Waals surface area (Å²) in [5.41, 5.74) is 5.65. The van der Waals surface area contributed by atoms with Crippen molar-refractivity contribution in [2.45, 2.75) is 38.7 Å². The smallest absolute Gasteiger partial charge is 0.204 e. The van der Waals surface area contributed by atoms with Gasteiger partial charge in [-0.05, 0) is 54.2 Å². The molecule has 4 aromatic rings. The Morgan fingerprint density at radius 2 is 1.77 bits per heavy atom. The number of anilines is 1. The number of rotatable bonds is 8. The minimum absolute atomic E-state index is 0.00652. The van der Waals surface area contributed by atoms with E-state index in [-0.39, 0.29) is 40.8 Å². The molecule has 0 amide bonds. The number of H-pyrrole nitrogens is 1. The molecule has 5 N–H and O–H groups in total. The van der Waals surface area contributed by atoms with Gasteiger partial charge in [0, 0.05) is 43.0 Å². The number of ether oxygens (including phenoxy) is 2. The van der Waals surface area contributed by atoms with Gasteiger partial charge >= 0.3 is 0 Å². The number of aromatic nitrogens is 1. The van der Waals surface area contributed by atoms with E-state index in [9.17, 15) is 20.1 Å². The van der Waals surface area contributed by atoms with Crippen molar-refractivity contribution in [3.8, 4) is 39.9 Å². The van der Waals surface area contributed by atoms with Crippen LogP contribution in [-0.4, -0.2) is 59.4 Å². The third kappa shape index (κ3) is 5.48. The fourth-order valence-electron chi connectivity index (χ4n) is 6.08. The highest BCUT2D eigenvalue weighted by Gasteiger charge is 2.36. The molecule has 0 saturated carbocycles. The van der Waals surface area contributed by atoms with Crippen LogP contribution in [0.15, 0.2) is 54.6 Å². The molecule has 1 unspecified atom stereocenters. The molecule has 9 heteroatoms. The Hall–Kier alpha value is -4.63. The number of Topliss-reactive ketones (excluding diaryl/α,β-unsaturated/α-hetero) is 1. The molecule has 2 aliphatic rings. The van der Waals surface area contributed by atoms with E-state index in [1.807, 2.05) is 12.1 Å². The molecule has 6 rings (SSSR count). The van der Waals surface area contributed by atoms with Crippen molar-refractivity contribution in [2.75, 3.05) is 38.2 Å². The molecule has 224 valence electrons. The van der Waals surface area contributed by atoms with Crippen LogP contribution in [0.25, 0.3) is 11.1 Å². The summed E-state index contributed by atoms with van der Waals surface area (Å²) in [4.78, 5) is 19.3. The van der Waals surface area contributed by atoms with Crippen molar-refractivity contribution < 1.29 is 29.6 Å². The number of fused-ring (bicyclic) bond motifs is 1. The van der Waals surface area contributed by atoms with Crippen molar-refractivity contribution in [2.24, 2.45) is 0 Å². The maximum absolute atomic E-state index is 13.3. The van der Waals surface area contributed by atoms with Gasteiger partial charge in [0.1, 0.15) is 29.0 Å². The van der Waals surface area contributed by atoms with Gasteiger partial charge in [0.05, 0.1) is 13.5 Å². The minimum atomic E-state index is -0.625. The number of nitrogens with one attached hydrogen (secondary N) is 2. The average molecular weight is 584 g/mol. The van der Waals surface area contributed by atoms with Gasteiger partial charge in [0.2, 0.25) is 5.75 Å². The van der Waals surface area contributed by atoms with Crippen LogP contribution in [0, 0.1) is 0 Å². The predicted molar refractivity (Wildman–Crippen MR) is 165 cm³/mol. The van der Waals surface area contributed by atoms with Gasteiger partial charge in [-0.2, -0.15) is 0 Å². The average Bonchev–Trinajstić information content (AvgIpc) is 3.47. The molecule has 9 nitrogen and oxygen atoms in total. The number of carbonyl (C=O) groups is 1. The first-order valence-electron chi connectivity index (χ1n) is 14.8. The third-order valence-corrected chi connectivity index (χ3v) is 8.40. The predicted octanol–water partition coefficient (Wildman–Crippen LogP) is 5.27. The first kappa shape index (κ1) is 28.5. The number of phenolic OH excluding ortho intramolecular Hbond substituents is 3. The highest BCUT2D eigenvalue weighted by atomic mass is 16.5. The monoisotopic (exact) mass is 583 g/mol. The second-order valence-electron chi connectivity index (χ2n) is 11.1. The van der Waals surface area contributed by atoms with E-state index in [2.05, 4.69) is 40.3 Å². The topological polar surface area (TPSA) is 127 Å². The van der Waals surface area contributed by atoms with Crippen molar-refractivity contribution in [1.29, 1.82) is 0 Å². The first-order valence-corrected chi connectivity index (χ1v) is 14.8. The van der Waals surface area contributed by atoms with Gasteiger partial charge in [-0.15, -0.1) is 0 Å². The van der Waals surface area contributed by atoms with Crippen LogP contribution in [0.5, 0.6) is 28.7 Å². The number of benzene rings is 3. The van der Waals surface area contributed by atoms with E-state index in [1.165, 1.54) is 24.9 Å². The number of ketones is 1. The summed E-state index contributed by atoms with van der Waals surface area (Å²) in [6.07, 6.45) is 1.20. The number of methoxy groups -OCH3 is 1. The molecule has 43 heavy (non-hydrogen) atoms. The van der Waals surface area contributed by atoms with Gasteiger partial charge in [0.15, 0.2) is 17.3 Å². The number of aryl methyl sites for hydroxylation is 2. The lowest BCUT2D eigenvalue weighted by atomic mass is 9.90.